The van der Waals surface area contributed by atoms with Crippen molar-refractivity contribution >= 4 is 41.3 Å². The van der Waals surface area contributed by atoms with Crippen LogP contribution >= 0.6 is 35.3 Å². The van der Waals surface area contributed by atoms with E-state index in [1.165, 1.54) is 4.88 Å². The second-order valence-electron chi connectivity index (χ2n) is 4.11. The van der Waals surface area contributed by atoms with Gasteiger partial charge in [0.05, 0.1) is 17.8 Å². The van der Waals surface area contributed by atoms with Crippen LogP contribution in [0.5, 0.6) is 0 Å². The summed E-state index contributed by atoms with van der Waals surface area (Å²) in [6, 6.07) is 3.76. The summed E-state index contributed by atoms with van der Waals surface area (Å²) in [7, 11) is 0. The molecule has 2 aromatic rings. The minimum Gasteiger partial charge on any atom is -0.467 e. The maximum absolute atomic E-state index is 5.26. The fraction of sp³-hybridized carbons (Fsp3) is 0.286. The standard InChI is InChI=1S/C14H18N4OS.HI/c1-3-6-15-14(17-8-12-5-4-7-19-12)18-10-13-9-16-11(2)20-13;/h3-5,7,9H,1,6,8,10H2,2H3,(H2,15,17,18);1H. The maximum atomic E-state index is 5.26. The van der Waals surface area contributed by atoms with Crippen LogP contribution in [0.2, 0.25) is 0 Å². The number of aryl methyl sites for hydroxylation is 1. The molecule has 2 aromatic heterocycles. The summed E-state index contributed by atoms with van der Waals surface area (Å²) in [5.41, 5.74) is 0. The molecule has 0 atom stereocenters. The molecule has 2 N–H and O–H groups in total. The van der Waals surface area contributed by atoms with Crippen molar-refractivity contribution in [2.75, 3.05) is 6.54 Å². The number of hydrogen-bond acceptors (Lipinski definition) is 4. The first-order chi connectivity index (χ1) is 9.78. The minimum atomic E-state index is 0. The first-order valence-corrected chi connectivity index (χ1v) is 7.16. The molecule has 5 nitrogen and oxygen atoms in total. The van der Waals surface area contributed by atoms with Crippen LogP contribution < -0.4 is 10.6 Å². The molecule has 0 spiro atoms. The number of rotatable bonds is 6. The average molecular weight is 418 g/mol. The number of aromatic nitrogens is 1. The van der Waals surface area contributed by atoms with Crippen LogP contribution in [-0.4, -0.2) is 17.5 Å². The van der Waals surface area contributed by atoms with E-state index in [9.17, 15) is 0 Å². The fourth-order valence-electron chi connectivity index (χ4n) is 1.56. The third-order valence-corrected chi connectivity index (χ3v) is 3.40. The molecule has 114 valence electrons. The van der Waals surface area contributed by atoms with Crippen LogP contribution in [-0.2, 0) is 13.1 Å². The van der Waals surface area contributed by atoms with Crippen LogP contribution in [0.15, 0.2) is 46.7 Å². The molecule has 0 saturated heterocycles. The Bertz CT molecular complexity index is 565. The van der Waals surface area contributed by atoms with Gasteiger partial charge in [-0.05, 0) is 19.1 Å². The summed E-state index contributed by atoms with van der Waals surface area (Å²) >= 11 is 1.67. The Labute approximate surface area is 145 Å². The summed E-state index contributed by atoms with van der Waals surface area (Å²) in [5, 5.41) is 7.50. The van der Waals surface area contributed by atoms with Gasteiger partial charge in [0.15, 0.2) is 5.96 Å². The number of aliphatic imine (C=N–C) groups is 1. The Morgan fingerprint density at radius 1 is 1.52 bits per heavy atom. The SMILES string of the molecule is C=CCNC(=NCc1ccco1)NCc1cnc(C)s1.I. The van der Waals surface area contributed by atoms with Crippen LogP contribution in [0.1, 0.15) is 15.6 Å². The molecule has 2 rings (SSSR count). The first kappa shape index (κ1) is 17.7. The normalized spacial score (nSPS) is 10.8. The number of nitrogens with one attached hydrogen (secondary N) is 2. The Kier molecular flexibility index (Phi) is 8.06. The second-order valence-corrected chi connectivity index (χ2v) is 5.43. The quantitative estimate of drug-likeness (QED) is 0.328. The van der Waals surface area contributed by atoms with E-state index >= 15 is 0 Å². The summed E-state index contributed by atoms with van der Waals surface area (Å²) in [4.78, 5) is 9.87. The van der Waals surface area contributed by atoms with Crippen LogP contribution in [0, 0.1) is 6.92 Å². The number of guanidine groups is 1. The molecule has 7 heteroatoms. The molecular formula is C14H19IN4OS. The largest absolute Gasteiger partial charge is 0.467 e. The molecule has 0 radical (unpaired) electrons. The molecular weight excluding hydrogens is 399 g/mol. The van der Waals surface area contributed by atoms with Gasteiger partial charge in [0.25, 0.3) is 0 Å². The van der Waals surface area contributed by atoms with E-state index in [0.29, 0.717) is 19.6 Å². The highest BCUT2D eigenvalue weighted by Gasteiger charge is 2.02. The zero-order chi connectivity index (χ0) is 14.2. The zero-order valence-corrected chi connectivity index (χ0v) is 15.0. The highest BCUT2D eigenvalue weighted by atomic mass is 127. The summed E-state index contributed by atoms with van der Waals surface area (Å²) in [6.07, 6.45) is 5.32. The average Bonchev–Trinajstić information content (AvgIpc) is 3.09. The zero-order valence-electron chi connectivity index (χ0n) is 11.8. The molecule has 0 unspecified atom stereocenters. The summed E-state index contributed by atoms with van der Waals surface area (Å²) in [5.74, 6) is 1.56. The van der Waals surface area contributed by atoms with Gasteiger partial charge in [-0.25, -0.2) is 9.98 Å². The molecule has 0 aliphatic carbocycles. The van der Waals surface area contributed by atoms with E-state index in [0.717, 1.165) is 16.7 Å². The molecule has 0 saturated carbocycles. The van der Waals surface area contributed by atoms with Gasteiger partial charge in [-0.3, -0.25) is 0 Å². The predicted octanol–water partition coefficient (Wildman–Crippen LogP) is 3.08. The smallest absolute Gasteiger partial charge is 0.192 e. The Morgan fingerprint density at radius 3 is 3.00 bits per heavy atom. The molecule has 0 fully saturated rings. The number of hydrogen-bond donors (Lipinski definition) is 2. The highest BCUT2D eigenvalue weighted by molar-refractivity contribution is 14.0. The van der Waals surface area contributed by atoms with Gasteiger partial charge in [-0.2, -0.15) is 0 Å². The summed E-state index contributed by atoms with van der Waals surface area (Å²) in [6.45, 7) is 7.55. The molecule has 0 aliphatic heterocycles. The molecule has 0 aromatic carbocycles. The van der Waals surface area contributed by atoms with Gasteiger partial charge in [0, 0.05) is 17.6 Å². The van der Waals surface area contributed by atoms with Gasteiger partial charge < -0.3 is 15.1 Å². The van der Waals surface area contributed by atoms with E-state index in [-0.39, 0.29) is 24.0 Å². The molecule has 2 heterocycles. The van der Waals surface area contributed by atoms with E-state index in [1.807, 2.05) is 25.3 Å². The van der Waals surface area contributed by atoms with Gasteiger partial charge in [0.2, 0.25) is 0 Å². The number of halogens is 1. The van der Waals surface area contributed by atoms with Crippen molar-refractivity contribution in [2.24, 2.45) is 4.99 Å². The highest BCUT2D eigenvalue weighted by Crippen LogP contribution is 2.10. The molecule has 0 bridgehead atoms. The summed E-state index contributed by atoms with van der Waals surface area (Å²) < 4.78 is 5.26. The van der Waals surface area contributed by atoms with E-state index in [1.54, 1.807) is 23.7 Å². The van der Waals surface area contributed by atoms with Crippen molar-refractivity contribution in [2.45, 2.75) is 20.0 Å². The lowest BCUT2D eigenvalue weighted by atomic mass is 10.4. The molecule has 21 heavy (non-hydrogen) atoms. The van der Waals surface area contributed by atoms with Crippen LogP contribution in [0.4, 0.5) is 0 Å². The Balaban J connectivity index is 0.00000220. The van der Waals surface area contributed by atoms with Crippen molar-refractivity contribution in [1.29, 1.82) is 0 Å². The van der Waals surface area contributed by atoms with Crippen LogP contribution in [0.3, 0.4) is 0 Å². The van der Waals surface area contributed by atoms with Crippen molar-refractivity contribution in [3.05, 3.63) is 52.9 Å². The predicted molar refractivity (Wildman–Crippen MR) is 97.2 cm³/mol. The third-order valence-electron chi connectivity index (χ3n) is 2.49. The Morgan fingerprint density at radius 2 is 2.38 bits per heavy atom. The van der Waals surface area contributed by atoms with Crippen molar-refractivity contribution in [3.63, 3.8) is 0 Å². The van der Waals surface area contributed by atoms with E-state index < -0.39 is 0 Å². The van der Waals surface area contributed by atoms with E-state index in [4.69, 9.17) is 4.42 Å². The van der Waals surface area contributed by atoms with Crippen molar-refractivity contribution < 1.29 is 4.42 Å². The topological polar surface area (TPSA) is 62.5 Å². The Hall–Kier alpha value is -1.35. The monoisotopic (exact) mass is 418 g/mol. The van der Waals surface area contributed by atoms with Gasteiger partial charge in [-0.1, -0.05) is 6.08 Å². The van der Waals surface area contributed by atoms with Gasteiger partial charge in [0.1, 0.15) is 12.3 Å². The maximum Gasteiger partial charge on any atom is 0.192 e. The lowest BCUT2D eigenvalue weighted by molar-refractivity contribution is 0.512. The van der Waals surface area contributed by atoms with Crippen molar-refractivity contribution in [1.82, 2.24) is 15.6 Å². The first-order valence-electron chi connectivity index (χ1n) is 6.34. The second kappa shape index (κ2) is 9.56. The minimum absolute atomic E-state index is 0. The number of thiazole rings is 1. The van der Waals surface area contributed by atoms with Gasteiger partial charge in [-0.15, -0.1) is 41.9 Å². The number of nitrogens with zero attached hydrogens (tertiary/aromatic N) is 2. The van der Waals surface area contributed by atoms with E-state index in [2.05, 4.69) is 27.2 Å². The van der Waals surface area contributed by atoms with Crippen LogP contribution in [0.25, 0.3) is 0 Å². The number of furan rings is 1. The third kappa shape index (κ3) is 6.30. The van der Waals surface area contributed by atoms with Gasteiger partial charge >= 0.3 is 0 Å². The molecule has 0 aliphatic rings. The fourth-order valence-corrected chi connectivity index (χ4v) is 2.30. The lowest BCUT2D eigenvalue weighted by Crippen LogP contribution is -2.36. The molecule has 0 amide bonds. The van der Waals surface area contributed by atoms with Crippen molar-refractivity contribution in [3.8, 4) is 0 Å². The lowest BCUT2D eigenvalue weighted by Gasteiger charge is -2.09.